The Morgan fingerprint density at radius 3 is 2.53 bits per heavy atom. The molecule has 164 valence electrons. The molecule has 6 rings (SSSR count). The van der Waals surface area contributed by atoms with Crippen molar-refractivity contribution in [2.45, 2.75) is 44.2 Å². The summed E-state index contributed by atoms with van der Waals surface area (Å²) < 4.78 is 25.6. The highest BCUT2D eigenvalue weighted by atomic mass is 19.1. The first-order valence-electron chi connectivity index (χ1n) is 11.6. The number of pyridine rings is 1. The van der Waals surface area contributed by atoms with Crippen LogP contribution in [-0.4, -0.2) is 86.5 Å². The standard InChI is InChI=1S/C23H33FN4O2/c1-26-13-22(14-26)3-2-18(9-22)27-4-6-28(7-5-27)20-8-17(24)12-25-21(20)30-19-10-23(11-19)15-29-16-23/h8,12,18-19H,2-7,9-11,13-16H2,1H3. The summed E-state index contributed by atoms with van der Waals surface area (Å²) in [7, 11) is 2.23. The number of aromatic nitrogens is 1. The number of likely N-dealkylation sites (tertiary alicyclic amines) is 1. The highest BCUT2D eigenvalue weighted by Crippen LogP contribution is 2.49. The third-order valence-electron chi connectivity index (χ3n) is 8.27. The summed E-state index contributed by atoms with van der Waals surface area (Å²) in [6, 6.07) is 2.33. The summed E-state index contributed by atoms with van der Waals surface area (Å²) in [4.78, 5) is 11.7. The van der Waals surface area contributed by atoms with E-state index in [2.05, 4.69) is 26.7 Å². The van der Waals surface area contributed by atoms with E-state index in [4.69, 9.17) is 9.47 Å². The number of hydrogen-bond acceptors (Lipinski definition) is 6. The Balaban J connectivity index is 1.07. The molecule has 1 unspecified atom stereocenters. The molecule has 2 aliphatic carbocycles. The van der Waals surface area contributed by atoms with Crippen LogP contribution >= 0.6 is 0 Å². The molecule has 3 saturated heterocycles. The van der Waals surface area contributed by atoms with E-state index >= 15 is 0 Å². The van der Waals surface area contributed by atoms with E-state index in [9.17, 15) is 4.39 Å². The number of nitrogens with zero attached hydrogens (tertiary/aromatic N) is 4. The maximum Gasteiger partial charge on any atom is 0.238 e. The molecule has 6 nitrogen and oxygen atoms in total. The van der Waals surface area contributed by atoms with E-state index in [-0.39, 0.29) is 11.9 Å². The Morgan fingerprint density at radius 2 is 1.87 bits per heavy atom. The van der Waals surface area contributed by atoms with Gasteiger partial charge in [-0.2, -0.15) is 0 Å². The van der Waals surface area contributed by atoms with Crippen molar-refractivity contribution in [2.24, 2.45) is 10.8 Å². The topological polar surface area (TPSA) is 41.1 Å². The number of anilines is 1. The van der Waals surface area contributed by atoms with E-state index < -0.39 is 0 Å². The fraction of sp³-hybridized carbons (Fsp3) is 0.783. The van der Waals surface area contributed by atoms with Crippen LogP contribution in [-0.2, 0) is 4.74 Å². The zero-order valence-corrected chi connectivity index (χ0v) is 18.0. The Hall–Kier alpha value is -1.44. The zero-order chi connectivity index (χ0) is 20.3. The zero-order valence-electron chi connectivity index (χ0n) is 18.0. The lowest BCUT2D eigenvalue weighted by atomic mass is 9.65. The van der Waals surface area contributed by atoms with Crippen LogP contribution in [0.15, 0.2) is 12.3 Å². The van der Waals surface area contributed by atoms with Gasteiger partial charge in [-0.05, 0) is 44.6 Å². The molecule has 30 heavy (non-hydrogen) atoms. The molecule has 5 aliphatic rings. The maximum absolute atomic E-state index is 14.0. The quantitative estimate of drug-likeness (QED) is 0.751. The molecule has 1 aromatic rings. The van der Waals surface area contributed by atoms with E-state index in [0.717, 1.165) is 64.0 Å². The molecule has 2 saturated carbocycles. The summed E-state index contributed by atoms with van der Waals surface area (Å²) in [6.45, 7) is 8.16. The summed E-state index contributed by atoms with van der Waals surface area (Å²) in [5.74, 6) is 0.311. The molecule has 1 aromatic heterocycles. The van der Waals surface area contributed by atoms with Gasteiger partial charge in [0, 0.05) is 56.8 Å². The molecule has 0 aromatic carbocycles. The predicted octanol–water partition coefficient (Wildman–Crippen LogP) is 2.38. The average molecular weight is 417 g/mol. The summed E-state index contributed by atoms with van der Waals surface area (Å²) >= 11 is 0. The lowest BCUT2D eigenvalue weighted by Crippen LogP contribution is -2.56. The van der Waals surface area contributed by atoms with Gasteiger partial charge in [0.25, 0.3) is 0 Å². The third kappa shape index (κ3) is 3.30. The maximum atomic E-state index is 14.0. The Bertz CT molecular complexity index is 794. The first-order chi connectivity index (χ1) is 14.5. The molecule has 0 radical (unpaired) electrons. The van der Waals surface area contributed by atoms with Crippen LogP contribution in [0.1, 0.15) is 32.1 Å². The van der Waals surface area contributed by atoms with Crippen molar-refractivity contribution < 1.29 is 13.9 Å². The van der Waals surface area contributed by atoms with Gasteiger partial charge in [0.15, 0.2) is 0 Å². The van der Waals surface area contributed by atoms with Gasteiger partial charge < -0.3 is 19.3 Å². The van der Waals surface area contributed by atoms with Crippen molar-refractivity contribution >= 4 is 5.69 Å². The SMILES string of the molecule is CN1CC2(CCC(N3CCN(c4cc(F)cnc4OC4CC5(COC5)C4)CC3)C2)C1. The van der Waals surface area contributed by atoms with Crippen molar-refractivity contribution in [3.05, 3.63) is 18.1 Å². The average Bonchev–Trinajstić information content (AvgIpc) is 3.09. The monoisotopic (exact) mass is 416 g/mol. The van der Waals surface area contributed by atoms with Crippen molar-refractivity contribution in [3.8, 4) is 5.88 Å². The van der Waals surface area contributed by atoms with Crippen LogP contribution in [0.3, 0.4) is 0 Å². The Morgan fingerprint density at radius 1 is 1.10 bits per heavy atom. The molecule has 5 fully saturated rings. The molecule has 0 N–H and O–H groups in total. The molecule has 7 heteroatoms. The normalized spacial score (nSPS) is 30.9. The number of halogens is 1. The van der Waals surface area contributed by atoms with E-state index in [1.807, 2.05) is 0 Å². The van der Waals surface area contributed by atoms with Gasteiger partial charge in [-0.1, -0.05) is 0 Å². The summed E-state index contributed by atoms with van der Waals surface area (Å²) in [5.41, 5.74) is 1.77. The minimum Gasteiger partial charge on any atom is -0.473 e. The lowest BCUT2D eigenvalue weighted by Gasteiger charge is -2.52. The summed E-state index contributed by atoms with van der Waals surface area (Å²) in [5, 5.41) is 0. The van der Waals surface area contributed by atoms with Crippen LogP contribution < -0.4 is 9.64 Å². The van der Waals surface area contributed by atoms with Crippen LogP contribution in [0.25, 0.3) is 0 Å². The van der Waals surface area contributed by atoms with Crippen LogP contribution in [0.2, 0.25) is 0 Å². The number of hydrogen-bond donors (Lipinski definition) is 0. The second kappa shape index (κ2) is 7.04. The van der Waals surface area contributed by atoms with Crippen LogP contribution in [0.4, 0.5) is 10.1 Å². The van der Waals surface area contributed by atoms with Crippen molar-refractivity contribution in [1.29, 1.82) is 0 Å². The highest BCUT2D eigenvalue weighted by Gasteiger charge is 2.51. The number of piperazine rings is 1. The minimum absolute atomic E-state index is 0.183. The van der Waals surface area contributed by atoms with Gasteiger partial charge in [-0.25, -0.2) is 9.37 Å². The Kier molecular flexibility index (Phi) is 4.52. The van der Waals surface area contributed by atoms with E-state index in [1.54, 1.807) is 6.07 Å². The van der Waals surface area contributed by atoms with Crippen molar-refractivity contribution in [3.63, 3.8) is 0 Å². The third-order valence-corrected chi connectivity index (χ3v) is 8.27. The van der Waals surface area contributed by atoms with Gasteiger partial charge in [-0.15, -0.1) is 0 Å². The fourth-order valence-corrected chi connectivity index (χ4v) is 6.71. The first-order valence-corrected chi connectivity index (χ1v) is 11.6. The second-order valence-electron chi connectivity index (χ2n) is 10.7. The molecule has 0 amide bonds. The largest absolute Gasteiger partial charge is 0.473 e. The number of ether oxygens (including phenoxy) is 2. The molecular formula is C23H33FN4O2. The summed E-state index contributed by atoms with van der Waals surface area (Å²) in [6.07, 6.45) is 7.57. The van der Waals surface area contributed by atoms with Gasteiger partial charge >= 0.3 is 0 Å². The predicted molar refractivity (Wildman–Crippen MR) is 112 cm³/mol. The van der Waals surface area contributed by atoms with Gasteiger partial charge in [0.1, 0.15) is 17.6 Å². The Labute approximate surface area is 178 Å². The molecule has 3 aliphatic heterocycles. The highest BCUT2D eigenvalue weighted by molar-refractivity contribution is 5.55. The van der Waals surface area contributed by atoms with Crippen molar-refractivity contribution in [2.75, 3.05) is 64.4 Å². The van der Waals surface area contributed by atoms with Crippen LogP contribution in [0, 0.1) is 16.6 Å². The molecule has 2 spiro atoms. The van der Waals surface area contributed by atoms with Gasteiger partial charge in [0.05, 0.1) is 19.4 Å². The van der Waals surface area contributed by atoms with E-state index in [0.29, 0.717) is 16.7 Å². The smallest absolute Gasteiger partial charge is 0.238 e. The molecule has 4 heterocycles. The van der Waals surface area contributed by atoms with E-state index in [1.165, 1.54) is 38.5 Å². The molecular weight excluding hydrogens is 383 g/mol. The van der Waals surface area contributed by atoms with Crippen LogP contribution in [0.5, 0.6) is 5.88 Å². The van der Waals surface area contributed by atoms with Crippen molar-refractivity contribution in [1.82, 2.24) is 14.8 Å². The number of rotatable bonds is 4. The first kappa shape index (κ1) is 19.3. The second-order valence-corrected chi connectivity index (χ2v) is 10.7. The molecule has 1 atom stereocenters. The van der Waals surface area contributed by atoms with Gasteiger partial charge in [-0.3, -0.25) is 4.90 Å². The fourth-order valence-electron chi connectivity index (χ4n) is 6.71. The van der Waals surface area contributed by atoms with Gasteiger partial charge in [0.2, 0.25) is 5.88 Å². The minimum atomic E-state index is -0.288. The lowest BCUT2D eigenvalue weighted by molar-refractivity contribution is -0.191. The molecule has 0 bridgehead atoms.